The highest BCUT2D eigenvalue weighted by molar-refractivity contribution is 5.79. The predicted molar refractivity (Wildman–Crippen MR) is 112 cm³/mol. The zero-order chi connectivity index (χ0) is 19.6. The lowest BCUT2D eigenvalue weighted by molar-refractivity contribution is 0.0281. The van der Waals surface area contributed by atoms with E-state index in [9.17, 15) is 0 Å². The van der Waals surface area contributed by atoms with Crippen molar-refractivity contribution in [1.29, 1.82) is 0 Å². The first-order valence-electron chi connectivity index (χ1n) is 10.6. The molecular weight excluding hydrogens is 338 g/mol. The molecule has 1 fully saturated rings. The minimum Gasteiger partial charge on any atom is -0.378 e. The molecule has 1 aromatic heterocycles. The average Bonchev–Trinajstić information content (AvgIpc) is 3.02. The molecule has 0 aromatic carbocycles. The van der Waals surface area contributed by atoms with Crippen LogP contribution in [0.1, 0.15) is 76.5 Å². The summed E-state index contributed by atoms with van der Waals surface area (Å²) in [5, 5.41) is 8.02. The van der Waals surface area contributed by atoms with E-state index >= 15 is 0 Å². The summed E-state index contributed by atoms with van der Waals surface area (Å²) >= 11 is 0. The van der Waals surface area contributed by atoms with Gasteiger partial charge in [-0.15, -0.1) is 0 Å². The number of hydrogen-bond donors (Lipinski definition) is 1. The Morgan fingerprint density at radius 1 is 1.37 bits per heavy atom. The largest absolute Gasteiger partial charge is 0.378 e. The van der Waals surface area contributed by atoms with Crippen molar-refractivity contribution < 1.29 is 4.74 Å². The Morgan fingerprint density at radius 2 is 2.11 bits per heavy atom. The molecule has 0 amide bonds. The van der Waals surface area contributed by atoms with Gasteiger partial charge in [0.2, 0.25) is 0 Å². The summed E-state index contributed by atoms with van der Waals surface area (Å²) in [5.74, 6) is 1.37. The first-order valence-corrected chi connectivity index (χ1v) is 10.6. The Kier molecular flexibility index (Phi) is 9.11. The Bertz CT molecular complexity index is 575. The van der Waals surface area contributed by atoms with E-state index in [1.165, 1.54) is 43.4 Å². The van der Waals surface area contributed by atoms with Gasteiger partial charge in [-0.05, 0) is 32.1 Å². The zero-order valence-electron chi connectivity index (χ0n) is 18.0. The Hall–Kier alpha value is -1.56. The molecule has 0 bridgehead atoms. The van der Waals surface area contributed by atoms with E-state index in [1.807, 2.05) is 11.7 Å². The van der Waals surface area contributed by atoms with Gasteiger partial charge in [0.25, 0.3) is 0 Å². The summed E-state index contributed by atoms with van der Waals surface area (Å²) in [6.07, 6.45) is 10.1. The second kappa shape index (κ2) is 11.3. The highest BCUT2D eigenvalue weighted by Gasteiger charge is 2.15. The third-order valence-electron chi connectivity index (χ3n) is 5.06. The number of ether oxygens (including phenoxy) is 1. The molecule has 1 saturated carbocycles. The summed E-state index contributed by atoms with van der Waals surface area (Å²) in [4.78, 5) is 6.99. The predicted octanol–water partition coefficient (Wildman–Crippen LogP) is 3.68. The van der Waals surface area contributed by atoms with E-state index < -0.39 is 0 Å². The number of aromatic nitrogens is 2. The van der Waals surface area contributed by atoms with Crippen molar-refractivity contribution in [2.75, 3.05) is 26.7 Å². The van der Waals surface area contributed by atoms with Gasteiger partial charge in [-0.1, -0.05) is 33.1 Å². The standard InChI is InChI=1S/C21H39N5O/c1-6-22-21(23-13-10-14-27-19-11-8-7-9-12-19)25(4)15-18-16-26(5)24-20(18)17(2)3/h16-17,19H,6-15H2,1-5H3,(H,22,23). The molecule has 27 heavy (non-hydrogen) atoms. The maximum atomic E-state index is 6.01. The molecule has 1 aliphatic rings. The van der Waals surface area contributed by atoms with Crippen LogP contribution in [0.4, 0.5) is 0 Å². The normalized spacial score (nSPS) is 16.1. The van der Waals surface area contributed by atoms with E-state index in [-0.39, 0.29) is 0 Å². The number of rotatable bonds is 9. The summed E-state index contributed by atoms with van der Waals surface area (Å²) in [6.45, 7) is 9.78. The van der Waals surface area contributed by atoms with Crippen LogP contribution in [0.2, 0.25) is 0 Å². The van der Waals surface area contributed by atoms with E-state index in [0.29, 0.717) is 12.0 Å². The van der Waals surface area contributed by atoms with Crippen LogP contribution in [0.15, 0.2) is 11.2 Å². The second-order valence-corrected chi connectivity index (χ2v) is 7.94. The SMILES string of the molecule is CCNC(=NCCCOC1CCCCC1)N(C)Cc1cn(C)nc1C(C)C. The minimum absolute atomic E-state index is 0.422. The molecule has 0 radical (unpaired) electrons. The molecule has 0 spiro atoms. The first kappa shape index (κ1) is 21.7. The zero-order valence-corrected chi connectivity index (χ0v) is 18.0. The van der Waals surface area contributed by atoms with Crippen molar-refractivity contribution in [2.24, 2.45) is 12.0 Å². The number of hydrogen-bond acceptors (Lipinski definition) is 3. The van der Waals surface area contributed by atoms with Crippen LogP contribution in [0, 0.1) is 0 Å². The van der Waals surface area contributed by atoms with Crippen LogP contribution in [0.5, 0.6) is 0 Å². The van der Waals surface area contributed by atoms with Crippen molar-refractivity contribution in [2.45, 2.75) is 77.9 Å². The summed E-state index contributed by atoms with van der Waals surface area (Å²) in [6, 6.07) is 0. The van der Waals surface area contributed by atoms with Gasteiger partial charge in [-0.2, -0.15) is 5.10 Å². The average molecular weight is 378 g/mol. The van der Waals surface area contributed by atoms with Gasteiger partial charge in [0.05, 0.1) is 11.8 Å². The number of guanidine groups is 1. The van der Waals surface area contributed by atoms with Gasteiger partial charge < -0.3 is 15.0 Å². The van der Waals surface area contributed by atoms with Crippen molar-refractivity contribution in [3.8, 4) is 0 Å². The molecular formula is C21H39N5O. The molecule has 0 unspecified atom stereocenters. The molecule has 1 aromatic rings. The van der Waals surface area contributed by atoms with Crippen molar-refractivity contribution in [3.05, 3.63) is 17.5 Å². The summed E-state index contributed by atoms with van der Waals surface area (Å²) in [7, 11) is 4.08. The molecule has 0 atom stereocenters. The number of aliphatic imine (C=N–C) groups is 1. The summed E-state index contributed by atoms with van der Waals surface area (Å²) in [5.41, 5.74) is 2.43. The number of nitrogens with one attached hydrogen (secondary N) is 1. The maximum Gasteiger partial charge on any atom is 0.193 e. The van der Waals surface area contributed by atoms with Crippen molar-refractivity contribution >= 4 is 5.96 Å². The lowest BCUT2D eigenvalue weighted by Gasteiger charge is -2.23. The van der Waals surface area contributed by atoms with Gasteiger partial charge in [0, 0.05) is 52.1 Å². The second-order valence-electron chi connectivity index (χ2n) is 7.94. The molecule has 6 nitrogen and oxygen atoms in total. The van der Waals surface area contributed by atoms with Gasteiger partial charge in [-0.25, -0.2) is 0 Å². The van der Waals surface area contributed by atoms with Crippen LogP contribution < -0.4 is 5.32 Å². The quantitative estimate of drug-likeness (QED) is 0.405. The van der Waals surface area contributed by atoms with E-state index in [0.717, 1.165) is 38.6 Å². The van der Waals surface area contributed by atoms with Gasteiger partial charge in [0.1, 0.15) is 0 Å². The van der Waals surface area contributed by atoms with Gasteiger partial charge >= 0.3 is 0 Å². The van der Waals surface area contributed by atoms with E-state index in [2.05, 4.69) is 49.3 Å². The maximum absolute atomic E-state index is 6.01. The molecule has 2 rings (SSSR count). The van der Waals surface area contributed by atoms with Crippen molar-refractivity contribution in [3.63, 3.8) is 0 Å². The Labute approximate surface area is 165 Å². The lowest BCUT2D eigenvalue weighted by atomic mass is 9.98. The van der Waals surface area contributed by atoms with Crippen LogP contribution >= 0.6 is 0 Å². The molecule has 6 heteroatoms. The fraction of sp³-hybridized carbons (Fsp3) is 0.810. The van der Waals surface area contributed by atoms with Crippen LogP contribution in [0.3, 0.4) is 0 Å². The molecule has 154 valence electrons. The Morgan fingerprint density at radius 3 is 2.78 bits per heavy atom. The third-order valence-corrected chi connectivity index (χ3v) is 5.06. The molecule has 0 aliphatic heterocycles. The minimum atomic E-state index is 0.422. The first-order chi connectivity index (χ1) is 13.0. The molecule has 1 N–H and O–H groups in total. The van der Waals surface area contributed by atoms with Crippen LogP contribution in [0.25, 0.3) is 0 Å². The lowest BCUT2D eigenvalue weighted by Crippen LogP contribution is -2.38. The van der Waals surface area contributed by atoms with Gasteiger partial charge in [-0.3, -0.25) is 9.67 Å². The summed E-state index contributed by atoms with van der Waals surface area (Å²) < 4.78 is 7.92. The van der Waals surface area contributed by atoms with Crippen molar-refractivity contribution in [1.82, 2.24) is 20.0 Å². The Balaban J connectivity index is 1.84. The smallest absolute Gasteiger partial charge is 0.193 e. The number of aryl methyl sites for hydroxylation is 1. The molecule has 0 saturated heterocycles. The number of nitrogens with zero attached hydrogens (tertiary/aromatic N) is 4. The van der Waals surface area contributed by atoms with Crippen LogP contribution in [-0.4, -0.2) is 53.5 Å². The monoisotopic (exact) mass is 377 g/mol. The van der Waals surface area contributed by atoms with Crippen LogP contribution in [-0.2, 0) is 18.3 Å². The topological polar surface area (TPSA) is 54.7 Å². The highest BCUT2D eigenvalue weighted by Crippen LogP contribution is 2.20. The molecule has 1 heterocycles. The van der Waals surface area contributed by atoms with E-state index in [1.54, 1.807) is 0 Å². The third kappa shape index (κ3) is 7.17. The highest BCUT2D eigenvalue weighted by atomic mass is 16.5. The molecule has 1 aliphatic carbocycles. The fourth-order valence-electron chi connectivity index (χ4n) is 3.69. The van der Waals surface area contributed by atoms with Gasteiger partial charge in [0.15, 0.2) is 5.96 Å². The fourth-order valence-corrected chi connectivity index (χ4v) is 3.69. The van der Waals surface area contributed by atoms with E-state index in [4.69, 9.17) is 9.73 Å².